The Morgan fingerprint density at radius 3 is 2.43 bits per heavy atom. The lowest BCUT2D eigenvalue weighted by molar-refractivity contribution is 0.342. The second-order valence-electron chi connectivity index (χ2n) is 5.95. The molecular formula is C16H22N4O2S. The van der Waals surface area contributed by atoms with Crippen molar-refractivity contribution in [2.24, 2.45) is 5.92 Å². The first-order valence-corrected chi connectivity index (χ1v) is 9.64. The van der Waals surface area contributed by atoms with E-state index in [1.165, 1.54) is 0 Å². The lowest BCUT2D eigenvalue weighted by Gasteiger charge is -2.33. The molecule has 7 heteroatoms. The fourth-order valence-corrected chi connectivity index (χ4v) is 3.88. The second-order valence-corrected chi connectivity index (χ2v) is 8.22. The van der Waals surface area contributed by atoms with Gasteiger partial charge in [-0.25, -0.2) is 13.4 Å². The highest BCUT2D eigenvalue weighted by Gasteiger charge is 2.20. The lowest BCUT2D eigenvalue weighted by atomic mass is 9.96. The number of hydrogen-bond donors (Lipinski definition) is 0. The Morgan fingerprint density at radius 2 is 1.87 bits per heavy atom. The summed E-state index contributed by atoms with van der Waals surface area (Å²) in [4.78, 5) is 6.70. The standard InChI is InChI=1S/C16H22N4O2S/c1-2-23(21,22)16-5-3-15(4-6-16)19-9-7-14(8-10-19)11-20-13-17-12-18-20/h3-6,12-14H,2,7-11H2,1H3. The number of rotatable bonds is 5. The Morgan fingerprint density at radius 1 is 1.17 bits per heavy atom. The average Bonchev–Trinajstić information content (AvgIpc) is 3.09. The van der Waals surface area contributed by atoms with Crippen LogP contribution in [0.5, 0.6) is 0 Å². The van der Waals surface area contributed by atoms with Gasteiger partial charge in [0.05, 0.1) is 10.6 Å². The molecule has 0 amide bonds. The van der Waals surface area contributed by atoms with E-state index in [2.05, 4.69) is 15.0 Å². The predicted molar refractivity (Wildman–Crippen MR) is 89.1 cm³/mol. The van der Waals surface area contributed by atoms with Crippen LogP contribution in [0.3, 0.4) is 0 Å². The zero-order chi connectivity index (χ0) is 16.3. The van der Waals surface area contributed by atoms with Gasteiger partial charge in [0.2, 0.25) is 0 Å². The summed E-state index contributed by atoms with van der Waals surface area (Å²) in [5.74, 6) is 0.757. The van der Waals surface area contributed by atoms with Crippen LogP contribution in [0.4, 0.5) is 5.69 Å². The van der Waals surface area contributed by atoms with E-state index >= 15 is 0 Å². The number of aromatic nitrogens is 3. The highest BCUT2D eigenvalue weighted by molar-refractivity contribution is 7.91. The van der Waals surface area contributed by atoms with Crippen LogP contribution in [0, 0.1) is 5.92 Å². The van der Waals surface area contributed by atoms with Crippen molar-refractivity contribution in [3.8, 4) is 0 Å². The van der Waals surface area contributed by atoms with Crippen molar-refractivity contribution in [3.63, 3.8) is 0 Å². The van der Waals surface area contributed by atoms with Crippen LogP contribution in [-0.2, 0) is 16.4 Å². The predicted octanol–water partition coefficient (Wildman–Crippen LogP) is 1.99. The average molecular weight is 334 g/mol. The fraction of sp³-hybridized carbons (Fsp3) is 0.500. The molecule has 1 fully saturated rings. The molecule has 0 N–H and O–H groups in total. The third kappa shape index (κ3) is 3.72. The van der Waals surface area contributed by atoms with E-state index in [1.54, 1.807) is 31.7 Å². The van der Waals surface area contributed by atoms with Crippen LogP contribution >= 0.6 is 0 Å². The molecule has 3 rings (SSSR count). The van der Waals surface area contributed by atoms with E-state index in [0.717, 1.165) is 38.2 Å². The molecule has 0 unspecified atom stereocenters. The van der Waals surface area contributed by atoms with Gasteiger partial charge in [0.15, 0.2) is 9.84 Å². The molecule has 0 atom stereocenters. The molecule has 1 saturated heterocycles. The molecule has 2 aromatic rings. The highest BCUT2D eigenvalue weighted by atomic mass is 32.2. The van der Waals surface area contributed by atoms with Crippen molar-refractivity contribution in [2.45, 2.75) is 31.2 Å². The molecule has 0 bridgehead atoms. The molecular weight excluding hydrogens is 312 g/mol. The van der Waals surface area contributed by atoms with E-state index < -0.39 is 9.84 Å². The fourth-order valence-electron chi connectivity index (χ4n) is 3.00. The minimum Gasteiger partial charge on any atom is -0.372 e. The lowest BCUT2D eigenvalue weighted by Crippen LogP contribution is -2.35. The number of sulfone groups is 1. The quantitative estimate of drug-likeness (QED) is 0.836. The van der Waals surface area contributed by atoms with Gasteiger partial charge in [-0.3, -0.25) is 4.68 Å². The molecule has 1 aromatic carbocycles. The van der Waals surface area contributed by atoms with Gasteiger partial charge in [0, 0.05) is 25.3 Å². The Balaban J connectivity index is 1.59. The Labute approximate surface area is 137 Å². The largest absolute Gasteiger partial charge is 0.372 e. The van der Waals surface area contributed by atoms with E-state index in [0.29, 0.717) is 10.8 Å². The molecule has 1 aliphatic heterocycles. The number of nitrogens with zero attached hydrogens (tertiary/aromatic N) is 4. The van der Waals surface area contributed by atoms with Crippen LogP contribution in [0.1, 0.15) is 19.8 Å². The maximum Gasteiger partial charge on any atom is 0.178 e. The van der Waals surface area contributed by atoms with Crippen molar-refractivity contribution in [2.75, 3.05) is 23.7 Å². The first kappa shape index (κ1) is 16.0. The molecule has 6 nitrogen and oxygen atoms in total. The Bertz CT molecular complexity index is 718. The summed E-state index contributed by atoms with van der Waals surface area (Å²) in [6, 6.07) is 7.27. The van der Waals surface area contributed by atoms with Gasteiger partial charge in [0.25, 0.3) is 0 Å². The van der Waals surface area contributed by atoms with Crippen molar-refractivity contribution in [3.05, 3.63) is 36.9 Å². The maximum absolute atomic E-state index is 11.9. The van der Waals surface area contributed by atoms with E-state index in [-0.39, 0.29) is 5.75 Å². The van der Waals surface area contributed by atoms with Gasteiger partial charge < -0.3 is 4.90 Å². The summed E-state index contributed by atoms with van der Waals surface area (Å²) in [5.41, 5.74) is 1.10. The summed E-state index contributed by atoms with van der Waals surface area (Å²) >= 11 is 0. The summed E-state index contributed by atoms with van der Waals surface area (Å²) in [7, 11) is -3.12. The molecule has 0 saturated carbocycles. The van der Waals surface area contributed by atoms with Crippen LogP contribution < -0.4 is 4.90 Å². The highest BCUT2D eigenvalue weighted by Crippen LogP contribution is 2.25. The third-order valence-corrected chi connectivity index (χ3v) is 6.22. The minimum absolute atomic E-state index is 0.139. The molecule has 1 aliphatic rings. The first-order valence-electron chi connectivity index (χ1n) is 7.98. The van der Waals surface area contributed by atoms with Gasteiger partial charge in [-0.05, 0) is 43.0 Å². The number of hydrogen-bond acceptors (Lipinski definition) is 5. The van der Waals surface area contributed by atoms with Crippen molar-refractivity contribution in [1.29, 1.82) is 0 Å². The van der Waals surface area contributed by atoms with Gasteiger partial charge in [-0.2, -0.15) is 5.10 Å². The third-order valence-electron chi connectivity index (χ3n) is 4.47. The van der Waals surface area contributed by atoms with Gasteiger partial charge in [-0.15, -0.1) is 0 Å². The second kappa shape index (κ2) is 6.70. The topological polar surface area (TPSA) is 68.1 Å². The molecule has 0 radical (unpaired) electrons. The zero-order valence-electron chi connectivity index (χ0n) is 13.3. The molecule has 23 heavy (non-hydrogen) atoms. The van der Waals surface area contributed by atoms with Crippen LogP contribution in [0.15, 0.2) is 41.8 Å². The van der Waals surface area contributed by atoms with Crippen molar-refractivity contribution in [1.82, 2.24) is 14.8 Å². The normalized spacial score (nSPS) is 16.7. The minimum atomic E-state index is -3.12. The maximum atomic E-state index is 11.9. The number of anilines is 1. The SMILES string of the molecule is CCS(=O)(=O)c1ccc(N2CCC(Cn3cncn3)CC2)cc1. The monoisotopic (exact) mass is 334 g/mol. The van der Waals surface area contributed by atoms with Crippen LogP contribution in [0.25, 0.3) is 0 Å². The molecule has 2 heterocycles. The number of benzene rings is 1. The first-order chi connectivity index (χ1) is 11.1. The molecule has 0 spiro atoms. The summed E-state index contributed by atoms with van der Waals surface area (Å²) < 4.78 is 25.6. The number of piperidine rings is 1. The van der Waals surface area contributed by atoms with Crippen LogP contribution in [0.2, 0.25) is 0 Å². The van der Waals surface area contributed by atoms with Crippen molar-refractivity contribution < 1.29 is 8.42 Å². The van der Waals surface area contributed by atoms with Crippen LogP contribution in [-0.4, -0.2) is 42.0 Å². The van der Waals surface area contributed by atoms with Crippen molar-refractivity contribution >= 4 is 15.5 Å². The zero-order valence-corrected chi connectivity index (χ0v) is 14.1. The van der Waals surface area contributed by atoms with E-state index in [9.17, 15) is 8.42 Å². The van der Waals surface area contributed by atoms with E-state index in [1.807, 2.05) is 16.8 Å². The molecule has 0 aliphatic carbocycles. The van der Waals surface area contributed by atoms with Gasteiger partial charge >= 0.3 is 0 Å². The summed E-state index contributed by atoms with van der Waals surface area (Å²) in [6.07, 6.45) is 5.55. The van der Waals surface area contributed by atoms with E-state index in [4.69, 9.17) is 0 Å². The molecule has 1 aromatic heterocycles. The Hall–Kier alpha value is -1.89. The molecule has 124 valence electrons. The summed E-state index contributed by atoms with van der Waals surface area (Å²) in [5, 5.41) is 4.16. The summed E-state index contributed by atoms with van der Waals surface area (Å²) in [6.45, 7) is 4.56. The van der Waals surface area contributed by atoms with Gasteiger partial charge in [-0.1, -0.05) is 6.92 Å². The Kier molecular flexibility index (Phi) is 4.66. The van der Waals surface area contributed by atoms with Gasteiger partial charge in [0.1, 0.15) is 12.7 Å². The smallest absolute Gasteiger partial charge is 0.178 e.